The summed E-state index contributed by atoms with van der Waals surface area (Å²) in [5.74, 6) is 0.820. The highest BCUT2D eigenvalue weighted by Crippen LogP contribution is 2.15. The van der Waals surface area contributed by atoms with E-state index in [0.29, 0.717) is 23.6 Å². The predicted octanol–water partition coefficient (Wildman–Crippen LogP) is 2.94. The molecule has 7 heteroatoms. The van der Waals surface area contributed by atoms with Gasteiger partial charge in [0.05, 0.1) is 18.5 Å². The number of nitrogens with one attached hydrogen (secondary N) is 2. The van der Waals surface area contributed by atoms with Crippen LogP contribution in [0.5, 0.6) is 5.75 Å². The summed E-state index contributed by atoms with van der Waals surface area (Å²) < 4.78 is 5.38. The van der Waals surface area contributed by atoms with Crippen molar-refractivity contribution in [3.63, 3.8) is 0 Å². The van der Waals surface area contributed by atoms with E-state index in [1.165, 1.54) is 0 Å². The first-order chi connectivity index (χ1) is 13.3. The Bertz CT molecular complexity index is 786. The molecule has 7 nitrogen and oxygen atoms in total. The number of pyridine rings is 1. The molecule has 0 spiro atoms. The minimum absolute atomic E-state index is 0.0827. The van der Waals surface area contributed by atoms with Crippen molar-refractivity contribution in [2.45, 2.75) is 26.8 Å². The smallest absolute Gasteiger partial charge is 0.251 e. The SMILES string of the molecule is CCOc1ccc(C(=O)NC(C(=O)Nc2ccc(N(C)C)nc2)C(C)C)cc1. The molecule has 0 aliphatic carbocycles. The number of nitrogens with zero attached hydrogens (tertiary/aromatic N) is 2. The minimum Gasteiger partial charge on any atom is -0.494 e. The number of hydrogen-bond acceptors (Lipinski definition) is 5. The summed E-state index contributed by atoms with van der Waals surface area (Å²) in [6.45, 7) is 6.23. The summed E-state index contributed by atoms with van der Waals surface area (Å²) in [4.78, 5) is 31.4. The molecule has 0 saturated carbocycles. The van der Waals surface area contributed by atoms with Crippen molar-refractivity contribution in [2.24, 2.45) is 5.92 Å². The highest BCUT2D eigenvalue weighted by Gasteiger charge is 2.25. The second-order valence-electron chi connectivity index (χ2n) is 6.94. The van der Waals surface area contributed by atoms with Gasteiger partial charge in [0.2, 0.25) is 5.91 Å². The molecule has 0 saturated heterocycles. The average molecular weight is 384 g/mol. The maximum absolute atomic E-state index is 12.7. The summed E-state index contributed by atoms with van der Waals surface area (Å²) >= 11 is 0. The highest BCUT2D eigenvalue weighted by atomic mass is 16.5. The maximum atomic E-state index is 12.7. The fourth-order valence-corrected chi connectivity index (χ4v) is 2.57. The molecule has 2 N–H and O–H groups in total. The Morgan fingerprint density at radius 3 is 2.29 bits per heavy atom. The first-order valence-corrected chi connectivity index (χ1v) is 9.29. The van der Waals surface area contributed by atoms with Crippen LogP contribution in [0.4, 0.5) is 11.5 Å². The topological polar surface area (TPSA) is 83.6 Å². The third-order valence-electron chi connectivity index (χ3n) is 4.14. The van der Waals surface area contributed by atoms with E-state index in [1.807, 2.05) is 45.8 Å². The zero-order chi connectivity index (χ0) is 20.7. The van der Waals surface area contributed by atoms with Gasteiger partial charge in [0, 0.05) is 19.7 Å². The van der Waals surface area contributed by atoms with Crippen LogP contribution >= 0.6 is 0 Å². The number of rotatable bonds is 8. The third kappa shape index (κ3) is 5.70. The normalized spacial score (nSPS) is 11.6. The zero-order valence-corrected chi connectivity index (χ0v) is 17.0. The molecule has 0 bridgehead atoms. The molecule has 0 fully saturated rings. The van der Waals surface area contributed by atoms with E-state index in [9.17, 15) is 9.59 Å². The zero-order valence-electron chi connectivity index (χ0n) is 17.0. The second-order valence-corrected chi connectivity index (χ2v) is 6.94. The van der Waals surface area contributed by atoms with E-state index >= 15 is 0 Å². The Hall–Kier alpha value is -3.09. The Morgan fingerprint density at radius 2 is 1.79 bits per heavy atom. The van der Waals surface area contributed by atoms with Crippen molar-refractivity contribution in [1.29, 1.82) is 0 Å². The lowest BCUT2D eigenvalue weighted by Gasteiger charge is -2.22. The van der Waals surface area contributed by atoms with Crippen LogP contribution in [0.15, 0.2) is 42.6 Å². The molecular formula is C21H28N4O3. The standard InChI is InChI=1S/C21H28N4O3/c1-6-28-17-10-7-15(8-11-17)20(26)24-19(14(2)3)21(27)23-16-9-12-18(22-13-16)25(4)5/h7-14,19H,6H2,1-5H3,(H,23,27)(H,24,26). The molecule has 1 aromatic heterocycles. The summed E-state index contributed by atoms with van der Waals surface area (Å²) in [7, 11) is 3.79. The van der Waals surface area contributed by atoms with Crippen LogP contribution in [0, 0.1) is 5.92 Å². The maximum Gasteiger partial charge on any atom is 0.251 e. The summed E-state index contributed by atoms with van der Waals surface area (Å²) in [6, 6.07) is 9.76. The van der Waals surface area contributed by atoms with E-state index in [4.69, 9.17) is 4.74 Å². The molecule has 28 heavy (non-hydrogen) atoms. The summed E-state index contributed by atoms with van der Waals surface area (Å²) in [5, 5.41) is 5.63. The largest absolute Gasteiger partial charge is 0.494 e. The highest BCUT2D eigenvalue weighted by molar-refractivity contribution is 6.01. The summed E-state index contributed by atoms with van der Waals surface area (Å²) in [6.07, 6.45) is 1.60. The Labute approximate surface area is 166 Å². The monoisotopic (exact) mass is 384 g/mol. The van der Waals surface area contributed by atoms with Gasteiger partial charge in [-0.05, 0) is 49.2 Å². The Kier molecular flexibility index (Phi) is 7.37. The van der Waals surface area contributed by atoms with Crippen LogP contribution in [0.25, 0.3) is 0 Å². The van der Waals surface area contributed by atoms with Gasteiger partial charge in [-0.15, -0.1) is 0 Å². The molecule has 1 aromatic carbocycles. The van der Waals surface area contributed by atoms with E-state index < -0.39 is 6.04 Å². The Balaban J connectivity index is 2.04. The van der Waals surface area contributed by atoms with Crippen molar-refractivity contribution in [3.8, 4) is 5.75 Å². The minimum atomic E-state index is -0.674. The van der Waals surface area contributed by atoms with E-state index in [1.54, 1.807) is 36.5 Å². The van der Waals surface area contributed by atoms with Crippen LogP contribution in [-0.2, 0) is 4.79 Å². The lowest BCUT2D eigenvalue weighted by molar-refractivity contribution is -0.118. The Morgan fingerprint density at radius 1 is 1.11 bits per heavy atom. The van der Waals surface area contributed by atoms with E-state index in [2.05, 4.69) is 15.6 Å². The van der Waals surface area contributed by atoms with E-state index in [-0.39, 0.29) is 17.7 Å². The van der Waals surface area contributed by atoms with Gasteiger partial charge in [-0.2, -0.15) is 0 Å². The fourth-order valence-electron chi connectivity index (χ4n) is 2.57. The van der Waals surface area contributed by atoms with Gasteiger partial charge in [0.1, 0.15) is 17.6 Å². The average Bonchev–Trinajstić information content (AvgIpc) is 2.66. The number of carbonyl (C=O) groups is 2. The molecule has 1 unspecified atom stereocenters. The van der Waals surface area contributed by atoms with Gasteiger partial charge in [0.25, 0.3) is 5.91 Å². The quantitative estimate of drug-likeness (QED) is 0.731. The van der Waals surface area contributed by atoms with Crippen molar-refractivity contribution >= 4 is 23.3 Å². The molecule has 2 rings (SSSR count). The van der Waals surface area contributed by atoms with Gasteiger partial charge in [-0.1, -0.05) is 13.8 Å². The van der Waals surface area contributed by atoms with Crippen molar-refractivity contribution in [2.75, 3.05) is 30.9 Å². The predicted molar refractivity (Wildman–Crippen MR) is 111 cm³/mol. The number of anilines is 2. The molecule has 1 heterocycles. The third-order valence-corrected chi connectivity index (χ3v) is 4.14. The number of aromatic nitrogens is 1. The van der Waals surface area contributed by atoms with Gasteiger partial charge in [0.15, 0.2) is 0 Å². The molecular weight excluding hydrogens is 356 g/mol. The number of ether oxygens (including phenoxy) is 1. The van der Waals surface area contributed by atoms with Crippen LogP contribution in [-0.4, -0.2) is 43.5 Å². The van der Waals surface area contributed by atoms with Crippen LogP contribution in [0.1, 0.15) is 31.1 Å². The van der Waals surface area contributed by atoms with Gasteiger partial charge < -0.3 is 20.3 Å². The molecule has 2 aromatic rings. The van der Waals surface area contributed by atoms with Gasteiger partial charge >= 0.3 is 0 Å². The molecule has 0 aliphatic rings. The van der Waals surface area contributed by atoms with Crippen molar-refractivity contribution in [3.05, 3.63) is 48.2 Å². The molecule has 0 aliphatic heterocycles. The first kappa shape index (κ1) is 21.2. The molecule has 0 radical (unpaired) electrons. The van der Waals surface area contributed by atoms with Gasteiger partial charge in [-0.3, -0.25) is 9.59 Å². The molecule has 150 valence electrons. The first-order valence-electron chi connectivity index (χ1n) is 9.29. The second kappa shape index (κ2) is 9.73. The fraction of sp³-hybridized carbons (Fsp3) is 0.381. The van der Waals surface area contributed by atoms with E-state index in [0.717, 1.165) is 5.82 Å². The summed E-state index contributed by atoms with van der Waals surface area (Å²) in [5.41, 5.74) is 1.05. The lowest BCUT2D eigenvalue weighted by atomic mass is 10.0. The number of hydrogen-bond donors (Lipinski definition) is 2. The van der Waals surface area contributed by atoms with Crippen LogP contribution < -0.4 is 20.3 Å². The molecule has 1 atom stereocenters. The van der Waals surface area contributed by atoms with Crippen molar-refractivity contribution in [1.82, 2.24) is 10.3 Å². The number of carbonyl (C=O) groups excluding carboxylic acids is 2. The van der Waals surface area contributed by atoms with Gasteiger partial charge in [-0.25, -0.2) is 4.98 Å². The number of amides is 2. The lowest BCUT2D eigenvalue weighted by Crippen LogP contribution is -2.47. The van der Waals surface area contributed by atoms with Crippen LogP contribution in [0.3, 0.4) is 0 Å². The van der Waals surface area contributed by atoms with Crippen LogP contribution in [0.2, 0.25) is 0 Å². The molecule has 2 amide bonds. The van der Waals surface area contributed by atoms with Crippen molar-refractivity contribution < 1.29 is 14.3 Å². The number of benzene rings is 1.